The number of thioether (sulfide) groups is 1. The van der Waals surface area contributed by atoms with Crippen LogP contribution in [-0.4, -0.2) is 34.6 Å². The third-order valence-corrected chi connectivity index (χ3v) is 7.59. The second-order valence-electron chi connectivity index (χ2n) is 8.83. The highest BCUT2D eigenvalue weighted by Gasteiger charge is 2.30. The molecule has 33 heavy (non-hydrogen) atoms. The molecule has 1 fully saturated rings. The zero-order valence-corrected chi connectivity index (χ0v) is 21.3. The van der Waals surface area contributed by atoms with Crippen LogP contribution in [0.4, 0.5) is 0 Å². The Morgan fingerprint density at radius 3 is 2.45 bits per heavy atom. The van der Waals surface area contributed by atoms with Crippen molar-refractivity contribution < 1.29 is 9.59 Å². The van der Waals surface area contributed by atoms with Crippen molar-refractivity contribution in [3.05, 3.63) is 70.2 Å². The van der Waals surface area contributed by atoms with Gasteiger partial charge in [0.2, 0.25) is 11.8 Å². The van der Waals surface area contributed by atoms with Gasteiger partial charge >= 0.3 is 0 Å². The molecule has 1 N–H and O–H groups in total. The van der Waals surface area contributed by atoms with Crippen LogP contribution in [0, 0.1) is 6.92 Å². The first-order valence-corrected chi connectivity index (χ1v) is 13.5. The van der Waals surface area contributed by atoms with E-state index in [2.05, 4.69) is 18.3 Å². The van der Waals surface area contributed by atoms with Gasteiger partial charge in [-0.15, -0.1) is 11.8 Å². The summed E-state index contributed by atoms with van der Waals surface area (Å²) >= 11 is 7.54. The number of benzene rings is 2. The van der Waals surface area contributed by atoms with Crippen LogP contribution in [0.3, 0.4) is 0 Å². The number of hydrogen-bond acceptors (Lipinski definition) is 3. The summed E-state index contributed by atoms with van der Waals surface area (Å²) in [5, 5.41) is 3.95. The quantitative estimate of drug-likeness (QED) is 0.439. The molecule has 2 amide bonds. The summed E-state index contributed by atoms with van der Waals surface area (Å²) in [7, 11) is 0. The fourth-order valence-corrected chi connectivity index (χ4v) is 5.35. The fourth-order valence-electron chi connectivity index (χ4n) is 4.35. The SMILES string of the molecule is CC[C@H](C(=O)NC1CCCCC1)N(Cc1ccccc1C)C(=O)CSCc1ccc(Cl)cc1. The molecule has 0 heterocycles. The van der Waals surface area contributed by atoms with Gasteiger partial charge < -0.3 is 10.2 Å². The molecular weight excluding hydrogens is 452 g/mol. The number of carbonyl (C=O) groups excluding carboxylic acids is 2. The summed E-state index contributed by atoms with van der Waals surface area (Å²) in [6, 6.07) is 15.6. The van der Waals surface area contributed by atoms with E-state index in [1.54, 1.807) is 16.7 Å². The molecule has 0 radical (unpaired) electrons. The van der Waals surface area contributed by atoms with Gasteiger partial charge in [0.05, 0.1) is 5.75 Å². The van der Waals surface area contributed by atoms with Crippen molar-refractivity contribution in [3.63, 3.8) is 0 Å². The highest BCUT2D eigenvalue weighted by atomic mass is 35.5. The van der Waals surface area contributed by atoms with Gasteiger partial charge in [-0.05, 0) is 55.0 Å². The van der Waals surface area contributed by atoms with Gasteiger partial charge in [0.15, 0.2) is 0 Å². The second kappa shape index (κ2) is 13.0. The van der Waals surface area contributed by atoms with E-state index in [-0.39, 0.29) is 17.9 Å². The number of carbonyl (C=O) groups is 2. The van der Waals surface area contributed by atoms with E-state index in [1.165, 1.54) is 6.42 Å². The van der Waals surface area contributed by atoms with Crippen LogP contribution in [0.25, 0.3) is 0 Å². The normalized spacial score (nSPS) is 15.1. The van der Waals surface area contributed by atoms with Crippen molar-refractivity contribution >= 4 is 35.2 Å². The van der Waals surface area contributed by atoms with E-state index < -0.39 is 6.04 Å². The van der Waals surface area contributed by atoms with Gasteiger partial charge in [-0.2, -0.15) is 0 Å². The molecule has 178 valence electrons. The lowest BCUT2D eigenvalue weighted by atomic mass is 9.95. The van der Waals surface area contributed by atoms with E-state index in [0.717, 1.165) is 48.1 Å². The second-order valence-corrected chi connectivity index (χ2v) is 10.3. The van der Waals surface area contributed by atoms with Gasteiger partial charge in [0.1, 0.15) is 6.04 Å². The first kappa shape index (κ1) is 25.6. The summed E-state index contributed by atoms with van der Waals surface area (Å²) in [5.41, 5.74) is 3.34. The van der Waals surface area contributed by atoms with Crippen LogP contribution in [0.2, 0.25) is 5.02 Å². The average Bonchev–Trinajstić information content (AvgIpc) is 2.82. The molecule has 1 saturated carbocycles. The van der Waals surface area contributed by atoms with Gasteiger partial charge in [-0.3, -0.25) is 9.59 Å². The van der Waals surface area contributed by atoms with Gasteiger partial charge in [-0.1, -0.05) is 74.2 Å². The van der Waals surface area contributed by atoms with Crippen LogP contribution < -0.4 is 5.32 Å². The highest BCUT2D eigenvalue weighted by Crippen LogP contribution is 2.21. The summed E-state index contributed by atoms with van der Waals surface area (Å²) in [6.45, 7) is 4.49. The Bertz CT molecular complexity index is 913. The standard InChI is InChI=1S/C27H35ClN2O2S/c1-3-25(27(32)29-24-11-5-4-6-12-24)30(17-22-10-8-7-9-20(22)2)26(31)19-33-18-21-13-15-23(28)16-14-21/h7-10,13-16,24-25H,3-6,11-12,17-19H2,1-2H3,(H,29,32)/t25-/m1/s1. The minimum absolute atomic E-state index is 0.00265. The maximum atomic E-state index is 13.4. The predicted octanol–water partition coefficient (Wildman–Crippen LogP) is 6.14. The molecule has 2 aromatic carbocycles. The van der Waals surface area contributed by atoms with Gasteiger partial charge in [-0.25, -0.2) is 0 Å². The Morgan fingerprint density at radius 2 is 1.79 bits per heavy atom. The van der Waals surface area contributed by atoms with Crippen molar-refractivity contribution in [2.75, 3.05) is 5.75 Å². The first-order chi connectivity index (χ1) is 16.0. The number of nitrogens with one attached hydrogen (secondary N) is 1. The predicted molar refractivity (Wildman–Crippen MR) is 138 cm³/mol. The lowest BCUT2D eigenvalue weighted by molar-refractivity contribution is -0.139. The number of aryl methyl sites for hydroxylation is 1. The summed E-state index contributed by atoms with van der Waals surface area (Å²) in [6.07, 6.45) is 6.23. The lowest BCUT2D eigenvalue weighted by Gasteiger charge is -2.33. The molecule has 1 aliphatic rings. The van der Waals surface area contributed by atoms with E-state index >= 15 is 0 Å². The zero-order chi connectivity index (χ0) is 23.6. The average molecular weight is 487 g/mol. The fraction of sp³-hybridized carbons (Fsp3) is 0.481. The van der Waals surface area contributed by atoms with Crippen LogP contribution in [0.1, 0.15) is 62.1 Å². The molecule has 3 rings (SSSR count). The van der Waals surface area contributed by atoms with Crippen molar-refractivity contribution in [2.45, 2.75) is 76.8 Å². The van der Waals surface area contributed by atoms with Crippen LogP contribution in [0.15, 0.2) is 48.5 Å². The molecule has 1 atom stereocenters. The maximum Gasteiger partial charge on any atom is 0.243 e. The molecule has 1 aliphatic carbocycles. The molecule has 0 bridgehead atoms. The number of amides is 2. The minimum Gasteiger partial charge on any atom is -0.352 e. The van der Waals surface area contributed by atoms with Crippen LogP contribution in [0.5, 0.6) is 0 Å². The number of halogens is 1. The third-order valence-electron chi connectivity index (χ3n) is 6.35. The van der Waals surface area contributed by atoms with Crippen LogP contribution >= 0.6 is 23.4 Å². The maximum absolute atomic E-state index is 13.4. The number of hydrogen-bond donors (Lipinski definition) is 1. The molecule has 0 aliphatic heterocycles. The number of rotatable bonds is 10. The van der Waals surface area contributed by atoms with Crippen molar-refractivity contribution in [1.82, 2.24) is 10.2 Å². The summed E-state index contributed by atoms with van der Waals surface area (Å²) < 4.78 is 0. The minimum atomic E-state index is -0.463. The molecular formula is C27H35ClN2O2S. The van der Waals surface area contributed by atoms with Crippen molar-refractivity contribution in [1.29, 1.82) is 0 Å². The molecule has 0 spiro atoms. The largest absolute Gasteiger partial charge is 0.352 e. The monoisotopic (exact) mass is 486 g/mol. The lowest BCUT2D eigenvalue weighted by Crippen LogP contribution is -2.52. The van der Waals surface area contributed by atoms with E-state index in [0.29, 0.717) is 23.7 Å². The van der Waals surface area contributed by atoms with E-state index in [1.807, 2.05) is 49.4 Å². The Kier molecular flexibility index (Phi) is 10.1. The molecule has 0 aromatic heterocycles. The van der Waals surface area contributed by atoms with Crippen LogP contribution in [-0.2, 0) is 21.9 Å². The Balaban J connectivity index is 1.70. The topological polar surface area (TPSA) is 49.4 Å². The first-order valence-electron chi connectivity index (χ1n) is 11.9. The van der Waals surface area contributed by atoms with Gasteiger partial charge in [0, 0.05) is 23.4 Å². The van der Waals surface area contributed by atoms with Crippen molar-refractivity contribution in [2.24, 2.45) is 0 Å². The summed E-state index contributed by atoms with van der Waals surface area (Å²) in [4.78, 5) is 28.5. The Labute approximate surface area is 207 Å². The molecule has 0 saturated heterocycles. The number of nitrogens with zero attached hydrogens (tertiary/aromatic N) is 1. The van der Waals surface area contributed by atoms with E-state index in [9.17, 15) is 9.59 Å². The Morgan fingerprint density at radius 1 is 1.09 bits per heavy atom. The molecule has 6 heteroatoms. The smallest absolute Gasteiger partial charge is 0.243 e. The molecule has 0 unspecified atom stereocenters. The molecule has 4 nitrogen and oxygen atoms in total. The highest BCUT2D eigenvalue weighted by molar-refractivity contribution is 7.99. The zero-order valence-electron chi connectivity index (χ0n) is 19.7. The van der Waals surface area contributed by atoms with E-state index in [4.69, 9.17) is 11.6 Å². The van der Waals surface area contributed by atoms with Gasteiger partial charge in [0.25, 0.3) is 0 Å². The Hall–Kier alpha value is -1.98. The molecule has 2 aromatic rings. The summed E-state index contributed by atoms with van der Waals surface area (Å²) in [5.74, 6) is 1.05. The van der Waals surface area contributed by atoms with Crippen molar-refractivity contribution in [3.8, 4) is 0 Å². The third kappa shape index (κ3) is 7.79.